The Morgan fingerprint density at radius 2 is 1.71 bits per heavy atom. The van der Waals surface area contributed by atoms with Crippen LogP contribution in [0.1, 0.15) is 6.42 Å². The molecule has 2 rings (SSSR count). The van der Waals surface area contributed by atoms with E-state index in [1.165, 1.54) is 0 Å². The van der Waals surface area contributed by atoms with E-state index in [2.05, 4.69) is 15.9 Å². The van der Waals surface area contributed by atoms with Gasteiger partial charge in [0.1, 0.15) is 5.75 Å². The van der Waals surface area contributed by atoms with Crippen molar-refractivity contribution in [1.29, 1.82) is 0 Å². The molecule has 0 spiro atoms. The minimum absolute atomic E-state index is 0.550. The molecule has 0 atom stereocenters. The molecule has 0 bridgehead atoms. The van der Waals surface area contributed by atoms with Gasteiger partial charge in [-0.15, -0.1) is 0 Å². The first-order chi connectivity index (χ1) is 10.2. The third kappa shape index (κ3) is 4.56. The highest BCUT2D eigenvalue weighted by Crippen LogP contribution is 2.34. The van der Waals surface area contributed by atoms with E-state index in [-0.39, 0.29) is 0 Å². The Bertz CT molecular complexity index is 572. The molecule has 0 aliphatic heterocycles. The zero-order chi connectivity index (χ0) is 15.1. The van der Waals surface area contributed by atoms with E-state index >= 15 is 0 Å². The van der Waals surface area contributed by atoms with E-state index in [1.54, 1.807) is 7.11 Å². The summed E-state index contributed by atoms with van der Waals surface area (Å²) in [5.41, 5.74) is 6.35. The summed E-state index contributed by atoms with van der Waals surface area (Å²) in [6.45, 7) is 1.13. The smallest absolute Gasteiger partial charge is 0.175 e. The summed E-state index contributed by atoms with van der Waals surface area (Å²) in [5.74, 6) is 2.24. The molecule has 0 saturated heterocycles. The number of ether oxygens (including phenoxy) is 3. The molecule has 4 nitrogen and oxygen atoms in total. The topological polar surface area (TPSA) is 53.7 Å². The van der Waals surface area contributed by atoms with E-state index in [0.29, 0.717) is 24.7 Å². The Kier molecular flexibility index (Phi) is 5.75. The Balaban J connectivity index is 1.76. The number of methoxy groups -OCH3 is 1. The first kappa shape index (κ1) is 15.5. The lowest BCUT2D eigenvalue weighted by atomic mass is 10.3. The maximum absolute atomic E-state index is 5.74. The van der Waals surface area contributed by atoms with Crippen LogP contribution in [0.15, 0.2) is 46.9 Å². The molecule has 0 heterocycles. The van der Waals surface area contributed by atoms with E-state index in [1.807, 2.05) is 42.5 Å². The van der Waals surface area contributed by atoms with Crippen molar-refractivity contribution in [3.05, 3.63) is 46.9 Å². The molecule has 0 aromatic heterocycles. The molecule has 0 unspecified atom stereocenters. The third-order valence-corrected chi connectivity index (χ3v) is 3.46. The molecular weight excluding hydrogens is 334 g/mol. The summed E-state index contributed by atoms with van der Waals surface area (Å²) in [5, 5.41) is 0. The molecule has 2 N–H and O–H groups in total. The van der Waals surface area contributed by atoms with Gasteiger partial charge in [-0.25, -0.2) is 0 Å². The van der Waals surface area contributed by atoms with Gasteiger partial charge in [0.2, 0.25) is 0 Å². The Morgan fingerprint density at radius 3 is 2.43 bits per heavy atom. The van der Waals surface area contributed by atoms with Crippen molar-refractivity contribution in [2.75, 3.05) is 26.1 Å². The summed E-state index contributed by atoms with van der Waals surface area (Å²) < 4.78 is 17.5. The van der Waals surface area contributed by atoms with E-state index in [4.69, 9.17) is 19.9 Å². The van der Waals surface area contributed by atoms with Crippen LogP contribution < -0.4 is 19.9 Å². The number of nitrogens with two attached hydrogens (primary N) is 1. The van der Waals surface area contributed by atoms with Crippen molar-refractivity contribution in [2.45, 2.75) is 6.42 Å². The monoisotopic (exact) mass is 351 g/mol. The minimum Gasteiger partial charge on any atom is -0.493 e. The summed E-state index contributed by atoms with van der Waals surface area (Å²) in [6.07, 6.45) is 0.773. The molecule has 0 aliphatic rings. The molecule has 2 aromatic rings. The summed E-state index contributed by atoms with van der Waals surface area (Å²) in [7, 11) is 1.62. The molecule has 21 heavy (non-hydrogen) atoms. The fourth-order valence-electron chi connectivity index (χ4n) is 1.78. The van der Waals surface area contributed by atoms with Gasteiger partial charge in [0.25, 0.3) is 0 Å². The van der Waals surface area contributed by atoms with Gasteiger partial charge in [-0.3, -0.25) is 0 Å². The first-order valence-corrected chi connectivity index (χ1v) is 7.43. The van der Waals surface area contributed by atoms with Crippen LogP contribution in [-0.2, 0) is 0 Å². The standard InChI is InChI=1S/C16H18BrNO3/c1-19-15-5-2-4-14(17)16(15)21-11-3-10-20-13-8-6-12(18)7-9-13/h2,4-9H,3,10-11,18H2,1H3. The van der Waals surface area contributed by atoms with Gasteiger partial charge in [-0.2, -0.15) is 0 Å². The number of nitrogen functional groups attached to an aromatic ring is 1. The fourth-order valence-corrected chi connectivity index (χ4v) is 2.24. The quantitative estimate of drug-likeness (QED) is 0.607. The van der Waals surface area contributed by atoms with Gasteiger partial charge in [0.05, 0.1) is 24.8 Å². The number of benzene rings is 2. The first-order valence-electron chi connectivity index (χ1n) is 6.64. The van der Waals surface area contributed by atoms with Gasteiger partial charge < -0.3 is 19.9 Å². The largest absolute Gasteiger partial charge is 0.493 e. The molecule has 112 valence electrons. The maximum atomic E-state index is 5.74. The van der Waals surface area contributed by atoms with E-state index in [9.17, 15) is 0 Å². The van der Waals surface area contributed by atoms with E-state index < -0.39 is 0 Å². The van der Waals surface area contributed by atoms with E-state index in [0.717, 1.165) is 22.3 Å². The number of halogens is 1. The second kappa shape index (κ2) is 7.78. The van der Waals surface area contributed by atoms with Gasteiger partial charge in [0.15, 0.2) is 11.5 Å². The van der Waals surface area contributed by atoms with Crippen molar-refractivity contribution >= 4 is 21.6 Å². The lowest BCUT2D eigenvalue weighted by Crippen LogP contribution is -2.06. The van der Waals surface area contributed by atoms with Crippen LogP contribution in [0.3, 0.4) is 0 Å². The van der Waals surface area contributed by atoms with Crippen LogP contribution in [0.25, 0.3) is 0 Å². The molecule has 5 heteroatoms. The SMILES string of the molecule is COc1cccc(Br)c1OCCCOc1ccc(N)cc1. The predicted molar refractivity (Wildman–Crippen MR) is 87.2 cm³/mol. The zero-order valence-corrected chi connectivity index (χ0v) is 13.4. The Morgan fingerprint density at radius 1 is 1.00 bits per heavy atom. The fraction of sp³-hybridized carbons (Fsp3) is 0.250. The zero-order valence-electron chi connectivity index (χ0n) is 11.8. The third-order valence-electron chi connectivity index (χ3n) is 2.83. The van der Waals surface area contributed by atoms with Gasteiger partial charge in [-0.1, -0.05) is 6.07 Å². The molecule has 0 fully saturated rings. The van der Waals surface area contributed by atoms with Crippen LogP contribution in [0, 0.1) is 0 Å². The predicted octanol–water partition coefficient (Wildman–Crippen LogP) is 3.89. The van der Waals surface area contributed by atoms with Crippen molar-refractivity contribution in [1.82, 2.24) is 0 Å². The molecule has 0 radical (unpaired) electrons. The number of rotatable bonds is 7. The van der Waals surface area contributed by atoms with Gasteiger partial charge in [-0.05, 0) is 52.3 Å². The highest BCUT2D eigenvalue weighted by atomic mass is 79.9. The van der Waals surface area contributed by atoms with Crippen molar-refractivity contribution < 1.29 is 14.2 Å². The molecular formula is C16H18BrNO3. The normalized spacial score (nSPS) is 10.2. The average Bonchev–Trinajstić information content (AvgIpc) is 2.50. The lowest BCUT2D eigenvalue weighted by molar-refractivity contribution is 0.239. The molecule has 2 aromatic carbocycles. The lowest BCUT2D eigenvalue weighted by Gasteiger charge is -2.12. The van der Waals surface area contributed by atoms with Crippen LogP contribution in [-0.4, -0.2) is 20.3 Å². The van der Waals surface area contributed by atoms with Crippen molar-refractivity contribution in [3.63, 3.8) is 0 Å². The molecule has 0 saturated carbocycles. The number of anilines is 1. The van der Waals surface area contributed by atoms with Crippen LogP contribution >= 0.6 is 15.9 Å². The van der Waals surface area contributed by atoms with Gasteiger partial charge in [0, 0.05) is 12.1 Å². The second-order valence-electron chi connectivity index (χ2n) is 4.39. The highest BCUT2D eigenvalue weighted by molar-refractivity contribution is 9.10. The average molecular weight is 352 g/mol. The van der Waals surface area contributed by atoms with Crippen molar-refractivity contribution in [2.24, 2.45) is 0 Å². The highest BCUT2D eigenvalue weighted by Gasteiger charge is 2.08. The van der Waals surface area contributed by atoms with Crippen LogP contribution in [0.4, 0.5) is 5.69 Å². The van der Waals surface area contributed by atoms with Crippen molar-refractivity contribution in [3.8, 4) is 17.2 Å². The Labute approximate surface area is 132 Å². The minimum atomic E-state index is 0.550. The number of hydrogen-bond acceptors (Lipinski definition) is 4. The second-order valence-corrected chi connectivity index (χ2v) is 5.25. The van der Waals surface area contributed by atoms with Crippen LogP contribution in [0.5, 0.6) is 17.2 Å². The van der Waals surface area contributed by atoms with Crippen LogP contribution in [0.2, 0.25) is 0 Å². The summed E-state index contributed by atoms with van der Waals surface area (Å²) in [4.78, 5) is 0. The maximum Gasteiger partial charge on any atom is 0.175 e. The molecule has 0 aliphatic carbocycles. The number of para-hydroxylation sites is 1. The number of hydrogen-bond donors (Lipinski definition) is 1. The molecule has 0 amide bonds. The summed E-state index contributed by atoms with van der Waals surface area (Å²) >= 11 is 3.45. The Hall–Kier alpha value is -1.88. The van der Waals surface area contributed by atoms with Gasteiger partial charge >= 0.3 is 0 Å². The summed E-state index contributed by atoms with van der Waals surface area (Å²) in [6, 6.07) is 13.0.